The van der Waals surface area contributed by atoms with E-state index in [0.717, 1.165) is 35.3 Å². The van der Waals surface area contributed by atoms with Crippen molar-refractivity contribution < 1.29 is 4.79 Å². The second kappa shape index (κ2) is 6.08. The molecule has 1 aliphatic heterocycles. The highest BCUT2D eigenvalue weighted by atomic mass is 35.5. The average molecular weight is 320 g/mol. The molecule has 0 aliphatic carbocycles. The molecule has 0 saturated carbocycles. The van der Waals surface area contributed by atoms with Crippen molar-refractivity contribution in [2.24, 2.45) is 0 Å². The first-order valence-electron chi connectivity index (χ1n) is 6.94. The molecule has 2 nitrogen and oxygen atoms in total. The maximum atomic E-state index is 11.8. The van der Waals surface area contributed by atoms with E-state index in [-0.39, 0.29) is 5.91 Å². The fraction of sp³-hybridized carbons (Fsp3) is 0.235. The van der Waals surface area contributed by atoms with Crippen molar-refractivity contribution in [3.63, 3.8) is 0 Å². The first kappa shape index (κ1) is 14.4. The van der Waals surface area contributed by atoms with Crippen molar-refractivity contribution in [2.75, 3.05) is 11.4 Å². The average Bonchev–Trinajstić information content (AvgIpc) is 2.94. The SMILES string of the molecule is O=C1CCCN1c1ccc(-c2ccc(Cl)cc2)c(CCl)c1. The van der Waals surface area contributed by atoms with Gasteiger partial charge in [0.15, 0.2) is 0 Å². The fourth-order valence-corrected chi connectivity index (χ4v) is 3.04. The van der Waals surface area contributed by atoms with E-state index in [1.807, 2.05) is 47.4 Å². The summed E-state index contributed by atoms with van der Waals surface area (Å²) in [6.45, 7) is 0.793. The molecule has 2 aromatic rings. The first-order chi connectivity index (χ1) is 10.2. The minimum Gasteiger partial charge on any atom is -0.312 e. The number of carbonyl (C=O) groups excluding carboxylic acids is 1. The number of benzene rings is 2. The maximum absolute atomic E-state index is 11.8. The predicted molar refractivity (Wildman–Crippen MR) is 88.0 cm³/mol. The second-order valence-corrected chi connectivity index (χ2v) is 5.83. The van der Waals surface area contributed by atoms with Crippen LogP contribution < -0.4 is 4.90 Å². The van der Waals surface area contributed by atoms with E-state index < -0.39 is 0 Å². The Labute approximate surface area is 134 Å². The summed E-state index contributed by atoms with van der Waals surface area (Å²) in [5.74, 6) is 0.600. The Morgan fingerprint density at radius 1 is 1.10 bits per heavy atom. The van der Waals surface area contributed by atoms with Crippen LogP contribution in [-0.2, 0) is 10.7 Å². The van der Waals surface area contributed by atoms with Gasteiger partial charge < -0.3 is 4.90 Å². The smallest absolute Gasteiger partial charge is 0.227 e. The van der Waals surface area contributed by atoms with Gasteiger partial charge >= 0.3 is 0 Å². The summed E-state index contributed by atoms with van der Waals surface area (Å²) in [6, 6.07) is 13.7. The van der Waals surface area contributed by atoms with Crippen molar-refractivity contribution in [3.8, 4) is 11.1 Å². The van der Waals surface area contributed by atoms with E-state index in [9.17, 15) is 4.79 Å². The highest BCUT2D eigenvalue weighted by Crippen LogP contribution is 2.31. The molecule has 1 amide bonds. The molecule has 1 saturated heterocycles. The summed E-state index contributed by atoms with van der Waals surface area (Å²) in [7, 11) is 0. The van der Waals surface area contributed by atoms with E-state index in [1.54, 1.807) is 0 Å². The third kappa shape index (κ3) is 2.92. The fourth-order valence-electron chi connectivity index (χ4n) is 2.69. The lowest BCUT2D eigenvalue weighted by Crippen LogP contribution is -2.23. The molecule has 0 N–H and O–H groups in total. The molecule has 3 rings (SSSR count). The summed E-state index contributed by atoms with van der Waals surface area (Å²) >= 11 is 12.0. The van der Waals surface area contributed by atoms with Crippen molar-refractivity contribution >= 4 is 34.8 Å². The Balaban J connectivity index is 1.99. The lowest BCUT2D eigenvalue weighted by Gasteiger charge is -2.18. The minimum atomic E-state index is 0.190. The highest BCUT2D eigenvalue weighted by Gasteiger charge is 2.22. The first-order valence-corrected chi connectivity index (χ1v) is 7.85. The number of nitrogens with zero attached hydrogens (tertiary/aromatic N) is 1. The molecular formula is C17H15Cl2NO. The van der Waals surface area contributed by atoms with E-state index >= 15 is 0 Å². The standard InChI is InChI=1S/C17H15Cl2NO/c18-11-13-10-15(20-9-1-2-17(20)21)7-8-16(13)12-3-5-14(19)6-4-12/h3-8,10H,1-2,9,11H2. The Morgan fingerprint density at radius 2 is 1.86 bits per heavy atom. The molecule has 0 spiro atoms. The zero-order valence-corrected chi connectivity index (χ0v) is 13.0. The van der Waals surface area contributed by atoms with Crippen LogP contribution in [0.3, 0.4) is 0 Å². The molecule has 0 aromatic heterocycles. The largest absolute Gasteiger partial charge is 0.312 e. The van der Waals surface area contributed by atoms with Gasteiger partial charge in [0, 0.05) is 29.6 Å². The summed E-state index contributed by atoms with van der Waals surface area (Å²) in [5, 5.41) is 0.713. The molecule has 4 heteroatoms. The maximum Gasteiger partial charge on any atom is 0.227 e. The van der Waals surface area contributed by atoms with Crippen LogP contribution in [0.25, 0.3) is 11.1 Å². The Hall–Kier alpha value is -1.51. The number of hydrogen-bond acceptors (Lipinski definition) is 1. The number of carbonyl (C=O) groups is 1. The molecule has 1 aliphatic rings. The lowest BCUT2D eigenvalue weighted by atomic mass is 10.00. The Kier molecular flexibility index (Phi) is 4.18. The minimum absolute atomic E-state index is 0.190. The second-order valence-electron chi connectivity index (χ2n) is 5.13. The molecule has 0 radical (unpaired) electrons. The van der Waals surface area contributed by atoms with Gasteiger partial charge in [-0.25, -0.2) is 0 Å². The number of rotatable bonds is 3. The molecule has 1 heterocycles. The van der Waals surface area contributed by atoms with Crippen LogP contribution in [0.15, 0.2) is 42.5 Å². The van der Waals surface area contributed by atoms with Crippen LogP contribution in [0.1, 0.15) is 18.4 Å². The molecule has 0 unspecified atom stereocenters. The zero-order chi connectivity index (χ0) is 14.8. The Morgan fingerprint density at radius 3 is 2.48 bits per heavy atom. The molecule has 0 bridgehead atoms. The van der Waals surface area contributed by atoms with Gasteiger partial charge in [-0.2, -0.15) is 0 Å². The van der Waals surface area contributed by atoms with E-state index in [1.165, 1.54) is 0 Å². The summed E-state index contributed by atoms with van der Waals surface area (Å²) in [5.41, 5.74) is 4.12. The van der Waals surface area contributed by atoms with Gasteiger partial charge in [-0.1, -0.05) is 29.8 Å². The van der Waals surface area contributed by atoms with Crippen LogP contribution >= 0.6 is 23.2 Å². The number of alkyl halides is 1. The topological polar surface area (TPSA) is 20.3 Å². The lowest BCUT2D eigenvalue weighted by molar-refractivity contribution is -0.117. The van der Waals surface area contributed by atoms with Crippen LogP contribution in [0.2, 0.25) is 5.02 Å². The van der Waals surface area contributed by atoms with Crippen molar-refractivity contribution in [1.29, 1.82) is 0 Å². The molecule has 108 valence electrons. The summed E-state index contributed by atoms with van der Waals surface area (Å²) in [6.07, 6.45) is 1.56. The molecular weight excluding hydrogens is 305 g/mol. The van der Waals surface area contributed by atoms with E-state index in [0.29, 0.717) is 17.3 Å². The predicted octanol–water partition coefficient (Wildman–Crippen LogP) is 4.87. The summed E-state index contributed by atoms with van der Waals surface area (Å²) < 4.78 is 0. The molecule has 21 heavy (non-hydrogen) atoms. The van der Waals surface area contributed by atoms with Crippen molar-refractivity contribution in [1.82, 2.24) is 0 Å². The number of hydrogen-bond donors (Lipinski definition) is 0. The van der Waals surface area contributed by atoms with E-state index in [2.05, 4.69) is 0 Å². The van der Waals surface area contributed by atoms with Gasteiger partial charge in [0.1, 0.15) is 0 Å². The van der Waals surface area contributed by atoms with Crippen LogP contribution in [0.4, 0.5) is 5.69 Å². The number of halogens is 2. The zero-order valence-electron chi connectivity index (χ0n) is 11.5. The van der Waals surface area contributed by atoms with Crippen molar-refractivity contribution in [2.45, 2.75) is 18.7 Å². The monoisotopic (exact) mass is 319 g/mol. The van der Waals surface area contributed by atoms with Crippen LogP contribution in [0.5, 0.6) is 0 Å². The molecule has 2 aromatic carbocycles. The summed E-state index contributed by atoms with van der Waals surface area (Å²) in [4.78, 5) is 13.7. The number of amides is 1. The Bertz CT molecular complexity index is 667. The van der Waals surface area contributed by atoms with E-state index in [4.69, 9.17) is 23.2 Å². The normalized spacial score (nSPS) is 14.8. The molecule has 0 atom stereocenters. The van der Waals surface area contributed by atoms with Gasteiger partial charge in [-0.05, 0) is 47.4 Å². The van der Waals surface area contributed by atoms with Gasteiger partial charge in [0.05, 0.1) is 0 Å². The van der Waals surface area contributed by atoms with Gasteiger partial charge in [-0.3, -0.25) is 4.79 Å². The van der Waals surface area contributed by atoms with Crippen LogP contribution in [0, 0.1) is 0 Å². The van der Waals surface area contributed by atoms with Gasteiger partial charge in [-0.15, -0.1) is 11.6 Å². The van der Waals surface area contributed by atoms with Crippen LogP contribution in [-0.4, -0.2) is 12.5 Å². The van der Waals surface area contributed by atoms with Gasteiger partial charge in [0.2, 0.25) is 5.91 Å². The number of anilines is 1. The third-order valence-corrected chi connectivity index (χ3v) is 4.31. The molecule has 1 fully saturated rings. The highest BCUT2D eigenvalue weighted by molar-refractivity contribution is 6.30. The van der Waals surface area contributed by atoms with Crippen molar-refractivity contribution in [3.05, 3.63) is 53.1 Å². The quantitative estimate of drug-likeness (QED) is 0.739. The third-order valence-electron chi connectivity index (χ3n) is 3.77. The van der Waals surface area contributed by atoms with Gasteiger partial charge in [0.25, 0.3) is 0 Å².